The molecule has 0 bridgehead atoms. The molecule has 1 heterocycles. The lowest BCUT2D eigenvalue weighted by Gasteiger charge is -2.37. The Hall–Kier alpha value is -1.19. The van der Waals surface area contributed by atoms with E-state index in [1.165, 1.54) is 0 Å². The number of ether oxygens (including phenoxy) is 1. The number of hydrogen-bond acceptors (Lipinski definition) is 3. The third-order valence-electron chi connectivity index (χ3n) is 3.95. The summed E-state index contributed by atoms with van der Waals surface area (Å²) >= 11 is 0. The second-order valence-corrected chi connectivity index (χ2v) is 6.22. The molecule has 0 N–H and O–H groups in total. The smallest absolute Gasteiger partial charge is 0.169 e. The molecular formula is C17H25NO2. The molecule has 0 radical (unpaired) electrons. The van der Waals surface area contributed by atoms with Crippen molar-refractivity contribution in [2.24, 2.45) is 5.41 Å². The van der Waals surface area contributed by atoms with E-state index in [1.807, 2.05) is 44.2 Å². The Morgan fingerprint density at radius 3 is 2.70 bits per heavy atom. The van der Waals surface area contributed by atoms with E-state index in [0.717, 1.165) is 38.2 Å². The van der Waals surface area contributed by atoms with Crippen LogP contribution in [0.25, 0.3) is 0 Å². The van der Waals surface area contributed by atoms with Crippen LogP contribution in [0.5, 0.6) is 0 Å². The summed E-state index contributed by atoms with van der Waals surface area (Å²) in [5.41, 5.74) is 0.439. The molecule has 1 aromatic rings. The fourth-order valence-electron chi connectivity index (χ4n) is 2.78. The van der Waals surface area contributed by atoms with E-state index < -0.39 is 0 Å². The van der Waals surface area contributed by atoms with Gasteiger partial charge in [0.05, 0.1) is 12.7 Å². The lowest BCUT2D eigenvalue weighted by molar-refractivity contribution is -0.0376. The fraction of sp³-hybridized carbons (Fsp3) is 0.588. The minimum Gasteiger partial charge on any atom is -0.376 e. The maximum absolute atomic E-state index is 12.6. The molecule has 0 aromatic heterocycles. The molecule has 3 nitrogen and oxygen atoms in total. The minimum atomic E-state index is -0.364. The molecule has 0 saturated carbocycles. The number of ketones is 1. The van der Waals surface area contributed by atoms with Gasteiger partial charge in [-0.05, 0) is 6.42 Å². The van der Waals surface area contributed by atoms with Crippen molar-refractivity contribution >= 4 is 5.78 Å². The highest BCUT2D eigenvalue weighted by Crippen LogP contribution is 2.24. The van der Waals surface area contributed by atoms with E-state index in [1.54, 1.807) is 0 Å². The van der Waals surface area contributed by atoms with Gasteiger partial charge in [-0.15, -0.1) is 0 Å². The summed E-state index contributed by atoms with van der Waals surface area (Å²) in [6.07, 6.45) is 1.34. The summed E-state index contributed by atoms with van der Waals surface area (Å²) < 4.78 is 5.69. The number of Topliss-reactive ketones (excluding diaryl/α,β-unsaturated/α-hetero) is 1. The normalized spacial score (nSPS) is 20.9. The van der Waals surface area contributed by atoms with Crippen molar-refractivity contribution in [2.45, 2.75) is 33.3 Å². The number of benzene rings is 1. The SMILES string of the molecule is CCC1CN(CC(C)(C)C(=O)c2ccccc2)CCO1. The van der Waals surface area contributed by atoms with Crippen LogP contribution in [0.3, 0.4) is 0 Å². The topological polar surface area (TPSA) is 29.5 Å². The molecule has 1 unspecified atom stereocenters. The highest BCUT2D eigenvalue weighted by molar-refractivity contribution is 6.00. The maximum Gasteiger partial charge on any atom is 0.169 e. The van der Waals surface area contributed by atoms with Crippen LogP contribution < -0.4 is 0 Å². The molecule has 0 spiro atoms. The Morgan fingerprint density at radius 1 is 1.35 bits per heavy atom. The molecule has 1 aromatic carbocycles. The van der Waals surface area contributed by atoms with Crippen LogP contribution in [0, 0.1) is 5.41 Å². The molecule has 2 rings (SSSR count). The second-order valence-electron chi connectivity index (χ2n) is 6.22. The summed E-state index contributed by atoms with van der Waals surface area (Å²) in [5.74, 6) is 0.220. The molecule has 0 amide bonds. The second kappa shape index (κ2) is 6.51. The van der Waals surface area contributed by atoms with Gasteiger partial charge in [0.1, 0.15) is 0 Å². The molecule has 1 fully saturated rings. The highest BCUT2D eigenvalue weighted by Gasteiger charge is 2.32. The number of nitrogens with zero attached hydrogens (tertiary/aromatic N) is 1. The summed E-state index contributed by atoms with van der Waals surface area (Å²) in [6, 6.07) is 9.59. The third kappa shape index (κ3) is 3.68. The molecule has 1 atom stereocenters. The van der Waals surface area contributed by atoms with Crippen molar-refractivity contribution in [1.82, 2.24) is 4.90 Å². The van der Waals surface area contributed by atoms with Gasteiger partial charge in [0.2, 0.25) is 0 Å². The number of carbonyl (C=O) groups is 1. The van der Waals surface area contributed by atoms with E-state index in [4.69, 9.17) is 4.74 Å². The summed E-state index contributed by atoms with van der Waals surface area (Å²) in [6.45, 7) is 9.64. The predicted molar refractivity (Wildman–Crippen MR) is 81.0 cm³/mol. The zero-order valence-corrected chi connectivity index (χ0v) is 12.8. The van der Waals surface area contributed by atoms with Gasteiger partial charge < -0.3 is 4.74 Å². The number of rotatable bonds is 5. The van der Waals surface area contributed by atoms with Crippen molar-refractivity contribution in [3.63, 3.8) is 0 Å². The zero-order chi connectivity index (χ0) is 14.6. The lowest BCUT2D eigenvalue weighted by Crippen LogP contribution is -2.47. The van der Waals surface area contributed by atoms with Crippen LogP contribution in [0.1, 0.15) is 37.6 Å². The first-order chi connectivity index (χ1) is 9.53. The Labute approximate surface area is 121 Å². The average molecular weight is 275 g/mol. The first-order valence-electron chi connectivity index (χ1n) is 7.47. The molecule has 1 aliphatic rings. The third-order valence-corrected chi connectivity index (χ3v) is 3.95. The largest absolute Gasteiger partial charge is 0.376 e. The van der Waals surface area contributed by atoms with E-state index >= 15 is 0 Å². The van der Waals surface area contributed by atoms with E-state index in [0.29, 0.717) is 6.10 Å². The van der Waals surface area contributed by atoms with Crippen LogP contribution >= 0.6 is 0 Å². The summed E-state index contributed by atoms with van der Waals surface area (Å²) in [7, 11) is 0. The Balaban J connectivity index is 2.01. The van der Waals surface area contributed by atoms with Gasteiger partial charge in [-0.25, -0.2) is 0 Å². The number of carbonyl (C=O) groups excluding carboxylic acids is 1. The zero-order valence-electron chi connectivity index (χ0n) is 12.8. The molecule has 3 heteroatoms. The van der Waals surface area contributed by atoms with Gasteiger partial charge in [-0.1, -0.05) is 51.1 Å². The monoisotopic (exact) mass is 275 g/mol. The lowest BCUT2D eigenvalue weighted by atomic mass is 9.83. The van der Waals surface area contributed by atoms with Crippen LogP contribution in [0.2, 0.25) is 0 Å². The van der Waals surface area contributed by atoms with Gasteiger partial charge >= 0.3 is 0 Å². The van der Waals surface area contributed by atoms with Crippen LogP contribution in [0.4, 0.5) is 0 Å². The standard InChI is InChI=1S/C17H25NO2/c1-4-15-12-18(10-11-20-15)13-17(2,3)16(19)14-8-6-5-7-9-14/h5-9,15H,4,10-13H2,1-3H3. The number of morpholine rings is 1. The molecular weight excluding hydrogens is 250 g/mol. The molecule has 1 saturated heterocycles. The maximum atomic E-state index is 12.6. The van der Waals surface area contributed by atoms with Gasteiger partial charge in [-0.2, -0.15) is 0 Å². The first-order valence-corrected chi connectivity index (χ1v) is 7.47. The molecule has 20 heavy (non-hydrogen) atoms. The minimum absolute atomic E-state index is 0.220. The Bertz CT molecular complexity index is 442. The highest BCUT2D eigenvalue weighted by atomic mass is 16.5. The summed E-state index contributed by atoms with van der Waals surface area (Å²) in [5, 5.41) is 0. The average Bonchev–Trinajstić information content (AvgIpc) is 2.47. The van der Waals surface area contributed by atoms with Crippen LogP contribution in [-0.2, 0) is 4.74 Å². The van der Waals surface area contributed by atoms with E-state index in [-0.39, 0.29) is 11.2 Å². The van der Waals surface area contributed by atoms with Crippen molar-refractivity contribution in [2.75, 3.05) is 26.2 Å². The van der Waals surface area contributed by atoms with Gasteiger partial charge in [0.15, 0.2) is 5.78 Å². The van der Waals surface area contributed by atoms with Gasteiger partial charge in [-0.3, -0.25) is 9.69 Å². The van der Waals surface area contributed by atoms with Crippen LogP contribution in [-0.4, -0.2) is 43.0 Å². The number of hydrogen-bond donors (Lipinski definition) is 0. The summed E-state index contributed by atoms with van der Waals surface area (Å²) in [4.78, 5) is 15.0. The Kier molecular flexibility index (Phi) is 4.95. The van der Waals surface area contributed by atoms with Crippen molar-refractivity contribution < 1.29 is 9.53 Å². The Morgan fingerprint density at radius 2 is 2.05 bits per heavy atom. The van der Waals surface area contributed by atoms with Crippen LogP contribution in [0.15, 0.2) is 30.3 Å². The van der Waals surface area contributed by atoms with Gasteiger partial charge in [0, 0.05) is 30.6 Å². The predicted octanol–water partition coefficient (Wildman–Crippen LogP) is 3.01. The van der Waals surface area contributed by atoms with E-state index in [2.05, 4.69) is 11.8 Å². The molecule has 110 valence electrons. The quantitative estimate of drug-likeness (QED) is 0.774. The van der Waals surface area contributed by atoms with E-state index in [9.17, 15) is 4.79 Å². The van der Waals surface area contributed by atoms with Gasteiger partial charge in [0.25, 0.3) is 0 Å². The fourth-order valence-corrected chi connectivity index (χ4v) is 2.78. The molecule has 1 aliphatic heterocycles. The first kappa shape index (κ1) is 15.2. The van der Waals surface area contributed by atoms with Crippen molar-refractivity contribution in [3.05, 3.63) is 35.9 Å². The van der Waals surface area contributed by atoms with Crippen molar-refractivity contribution in [1.29, 1.82) is 0 Å². The molecule has 0 aliphatic carbocycles. The van der Waals surface area contributed by atoms with Crippen molar-refractivity contribution in [3.8, 4) is 0 Å².